The van der Waals surface area contributed by atoms with E-state index in [2.05, 4.69) is 5.32 Å². The van der Waals surface area contributed by atoms with Crippen molar-refractivity contribution in [2.75, 3.05) is 17.4 Å². The number of para-hydroxylation sites is 1. The van der Waals surface area contributed by atoms with Crippen molar-refractivity contribution < 1.29 is 18.0 Å². The zero-order chi connectivity index (χ0) is 28.4. The van der Waals surface area contributed by atoms with Gasteiger partial charge in [0.05, 0.1) is 20.6 Å². The van der Waals surface area contributed by atoms with Crippen molar-refractivity contribution in [3.05, 3.63) is 94.5 Å². The molecule has 3 aromatic rings. The normalized spacial score (nSPS) is 12.0. The Morgan fingerprint density at radius 3 is 2.13 bits per heavy atom. The number of sulfonamides is 1. The van der Waals surface area contributed by atoms with Gasteiger partial charge in [-0.2, -0.15) is 0 Å². The molecule has 0 spiro atoms. The van der Waals surface area contributed by atoms with Crippen LogP contribution in [0, 0.1) is 0 Å². The first-order chi connectivity index (χ1) is 18.7. The van der Waals surface area contributed by atoms with Gasteiger partial charge in [0.25, 0.3) is 10.0 Å². The number of nitrogens with one attached hydrogen (secondary N) is 1. The highest BCUT2D eigenvalue weighted by atomic mass is 35.5. The average Bonchev–Trinajstić information content (AvgIpc) is 2.94. The third-order valence-electron chi connectivity index (χ3n) is 6.21. The SMILES string of the molecule is CCCCNC(=O)C(CC)N(Cc1ccc(Cl)c(Cl)c1)C(=O)CN(c1ccccc1)S(=O)(=O)c1ccccc1. The first-order valence-corrected chi connectivity index (χ1v) is 15.0. The molecule has 0 aromatic heterocycles. The highest BCUT2D eigenvalue weighted by Gasteiger charge is 2.33. The molecular weight excluding hydrogens is 557 g/mol. The Labute approximate surface area is 240 Å². The van der Waals surface area contributed by atoms with Crippen molar-refractivity contribution in [3.63, 3.8) is 0 Å². The Bertz CT molecular complexity index is 1360. The molecule has 0 saturated heterocycles. The summed E-state index contributed by atoms with van der Waals surface area (Å²) in [5.41, 5.74) is 0.999. The Morgan fingerprint density at radius 2 is 1.54 bits per heavy atom. The lowest BCUT2D eigenvalue weighted by molar-refractivity contribution is -0.140. The van der Waals surface area contributed by atoms with Crippen LogP contribution in [-0.4, -0.2) is 44.3 Å². The summed E-state index contributed by atoms with van der Waals surface area (Å²) in [4.78, 5) is 28.6. The second kappa shape index (κ2) is 14.4. The first-order valence-electron chi connectivity index (χ1n) is 12.8. The number of benzene rings is 3. The molecule has 7 nitrogen and oxygen atoms in total. The molecule has 3 aromatic carbocycles. The third kappa shape index (κ3) is 7.97. The summed E-state index contributed by atoms with van der Waals surface area (Å²) >= 11 is 12.3. The van der Waals surface area contributed by atoms with E-state index < -0.39 is 28.5 Å². The summed E-state index contributed by atoms with van der Waals surface area (Å²) in [5, 5.41) is 3.59. The lowest BCUT2D eigenvalue weighted by atomic mass is 10.1. The summed E-state index contributed by atoms with van der Waals surface area (Å²) < 4.78 is 28.5. The predicted octanol–water partition coefficient (Wildman–Crippen LogP) is 5.91. The first kappa shape index (κ1) is 30.5. The van der Waals surface area contributed by atoms with Crippen molar-refractivity contribution in [2.24, 2.45) is 0 Å². The van der Waals surface area contributed by atoms with Crippen LogP contribution >= 0.6 is 23.2 Å². The fraction of sp³-hybridized carbons (Fsp3) is 0.310. The van der Waals surface area contributed by atoms with Crippen LogP contribution in [0.25, 0.3) is 0 Å². The van der Waals surface area contributed by atoms with Gasteiger partial charge in [-0.05, 0) is 54.8 Å². The summed E-state index contributed by atoms with van der Waals surface area (Å²) in [7, 11) is -4.09. The standard InChI is InChI=1S/C29H33Cl2N3O4S/c1-3-5-18-32-29(36)27(4-2)33(20-22-16-17-25(30)26(31)19-22)28(35)21-34(23-12-8-6-9-13-23)39(37,38)24-14-10-7-11-15-24/h6-17,19,27H,3-5,18,20-21H2,1-2H3,(H,32,36). The molecule has 1 unspecified atom stereocenters. The van der Waals surface area contributed by atoms with Gasteiger partial charge < -0.3 is 10.2 Å². The highest BCUT2D eigenvalue weighted by molar-refractivity contribution is 7.92. The van der Waals surface area contributed by atoms with E-state index in [1.54, 1.807) is 66.7 Å². The van der Waals surface area contributed by atoms with Gasteiger partial charge in [-0.1, -0.05) is 85.9 Å². The number of unbranched alkanes of at least 4 members (excludes halogenated alkanes) is 1. The Hall–Kier alpha value is -3.07. The topological polar surface area (TPSA) is 86.8 Å². The molecule has 0 aliphatic carbocycles. The summed E-state index contributed by atoms with van der Waals surface area (Å²) in [6.45, 7) is 3.87. The average molecular weight is 591 g/mol. The molecular formula is C29H33Cl2N3O4S. The van der Waals surface area contributed by atoms with Crippen LogP contribution in [-0.2, 0) is 26.2 Å². The minimum atomic E-state index is -4.09. The van der Waals surface area contributed by atoms with Gasteiger partial charge in [-0.15, -0.1) is 0 Å². The van der Waals surface area contributed by atoms with Crippen LogP contribution in [0.1, 0.15) is 38.7 Å². The Morgan fingerprint density at radius 1 is 0.897 bits per heavy atom. The smallest absolute Gasteiger partial charge is 0.264 e. The molecule has 0 saturated carbocycles. The quantitative estimate of drug-likeness (QED) is 0.251. The van der Waals surface area contributed by atoms with E-state index >= 15 is 0 Å². The Kier molecular flexibility index (Phi) is 11.2. The second-order valence-corrected chi connectivity index (χ2v) is 11.7. The number of rotatable bonds is 13. The maximum atomic E-state index is 14.0. The number of halogens is 2. The predicted molar refractivity (Wildman–Crippen MR) is 156 cm³/mol. The monoisotopic (exact) mass is 589 g/mol. The third-order valence-corrected chi connectivity index (χ3v) is 8.73. The molecule has 2 amide bonds. The van der Waals surface area contributed by atoms with Crippen molar-refractivity contribution >= 4 is 50.7 Å². The molecule has 0 heterocycles. The van der Waals surface area contributed by atoms with E-state index in [0.29, 0.717) is 34.3 Å². The van der Waals surface area contributed by atoms with Gasteiger partial charge in [0.15, 0.2) is 0 Å². The molecule has 1 atom stereocenters. The van der Waals surface area contributed by atoms with Gasteiger partial charge in [0, 0.05) is 13.1 Å². The van der Waals surface area contributed by atoms with E-state index in [1.807, 2.05) is 13.8 Å². The van der Waals surface area contributed by atoms with Crippen molar-refractivity contribution in [2.45, 2.75) is 50.6 Å². The van der Waals surface area contributed by atoms with Crippen LogP contribution in [0.4, 0.5) is 5.69 Å². The van der Waals surface area contributed by atoms with Crippen molar-refractivity contribution in [1.82, 2.24) is 10.2 Å². The number of anilines is 1. The Balaban J connectivity index is 2.01. The molecule has 1 N–H and O–H groups in total. The van der Waals surface area contributed by atoms with Crippen LogP contribution in [0.2, 0.25) is 10.0 Å². The zero-order valence-electron chi connectivity index (χ0n) is 22.0. The van der Waals surface area contributed by atoms with E-state index in [-0.39, 0.29) is 17.3 Å². The molecule has 208 valence electrons. The van der Waals surface area contributed by atoms with Gasteiger partial charge in [0.2, 0.25) is 11.8 Å². The minimum absolute atomic E-state index is 0.0451. The number of carbonyl (C=O) groups is 2. The van der Waals surface area contributed by atoms with E-state index in [0.717, 1.165) is 17.1 Å². The molecule has 0 aliphatic heterocycles. The molecule has 0 fully saturated rings. The minimum Gasteiger partial charge on any atom is -0.354 e. The number of hydrogen-bond donors (Lipinski definition) is 1. The van der Waals surface area contributed by atoms with Crippen molar-refractivity contribution in [3.8, 4) is 0 Å². The summed E-state index contributed by atoms with van der Waals surface area (Å²) in [6.07, 6.45) is 2.05. The zero-order valence-corrected chi connectivity index (χ0v) is 24.3. The van der Waals surface area contributed by atoms with Crippen LogP contribution < -0.4 is 9.62 Å². The van der Waals surface area contributed by atoms with Crippen molar-refractivity contribution in [1.29, 1.82) is 0 Å². The lowest BCUT2D eigenvalue weighted by Crippen LogP contribution is -2.52. The van der Waals surface area contributed by atoms with Crippen LogP contribution in [0.15, 0.2) is 83.8 Å². The van der Waals surface area contributed by atoms with Gasteiger partial charge in [0.1, 0.15) is 12.6 Å². The highest BCUT2D eigenvalue weighted by Crippen LogP contribution is 2.26. The largest absolute Gasteiger partial charge is 0.354 e. The van der Waals surface area contributed by atoms with Gasteiger partial charge in [-0.25, -0.2) is 8.42 Å². The summed E-state index contributed by atoms with van der Waals surface area (Å²) in [6, 6.07) is 20.6. The number of carbonyl (C=O) groups excluding carboxylic acids is 2. The molecule has 10 heteroatoms. The van der Waals surface area contributed by atoms with Gasteiger partial charge in [-0.3, -0.25) is 13.9 Å². The van der Waals surface area contributed by atoms with E-state index in [1.165, 1.54) is 17.0 Å². The molecule has 0 radical (unpaired) electrons. The fourth-order valence-electron chi connectivity index (χ4n) is 4.10. The maximum absolute atomic E-state index is 14.0. The molecule has 0 bridgehead atoms. The second-order valence-electron chi connectivity index (χ2n) is 9.00. The molecule has 0 aliphatic rings. The molecule has 3 rings (SSSR count). The van der Waals surface area contributed by atoms with Gasteiger partial charge >= 0.3 is 0 Å². The number of amides is 2. The summed E-state index contributed by atoms with van der Waals surface area (Å²) in [5.74, 6) is -0.821. The van der Waals surface area contributed by atoms with Crippen LogP contribution in [0.3, 0.4) is 0 Å². The maximum Gasteiger partial charge on any atom is 0.264 e. The number of nitrogens with zero attached hydrogens (tertiary/aromatic N) is 2. The fourth-order valence-corrected chi connectivity index (χ4v) is 5.86. The number of hydrogen-bond acceptors (Lipinski definition) is 4. The van der Waals surface area contributed by atoms with E-state index in [9.17, 15) is 18.0 Å². The van der Waals surface area contributed by atoms with E-state index in [4.69, 9.17) is 23.2 Å². The molecule has 39 heavy (non-hydrogen) atoms. The lowest BCUT2D eigenvalue weighted by Gasteiger charge is -2.33. The van der Waals surface area contributed by atoms with Crippen LogP contribution in [0.5, 0.6) is 0 Å².